The van der Waals surface area contributed by atoms with Gasteiger partial charge in [0.25, 0.3) is 5.91 Å². The van der Waals surface area contributed by atoms with Crippen LogP contribution in [0.2, 0.25) is 5.02 Å². The van der Waals surface area contributed by atoms with E-state index in [0.29, 0.717) is 10.7 Å². The lowest BCUT2D eigenvalue weighted by Crippen LogP contribution is -2.17. The van der Waals surface area contributed by atoms with Gasteiger partial charge in [-0.2, -0.15) is 0 Å². The third kappa shape index (κ3) is 3.72. The number of aromatic nitrogens is 1. The number of halogens is 2. The van der Waals surface area contributed by atoms with Gasteiger partial charge in [-0.1, -0.05) is 31.5 Å². The summed E-state index contributed by atoms with van der Waals surface area (Å²) in [4.78, 5) is 25.3. The van der Waals surface area contributed by atoms with E-state index in [-0.39, 0.29) is 34.4 Å². The molecule has 2 N–H and O–H groups in total. The zero-order chi connectivity index (χ0) is 21.5. The van der Waals surface area contributed by atoms with E-state index in [1.807, 2.05) is 13.8 Å². The van der Waals surface area contributed by atoms with E-state index in [1.165, 1.54) is 16.7 Å². The first-order valence-corrected chi connectivity index (χ1v) is 9.56. The molecule has 3 aromatic rings. The van der Waals surface area contributed by atoms with Gasteiger partial charge in [0, 0.05) is 21.7 Å². The molecule has 152 valence electrons. The Balaban J connectivity index is 2.35. The first kappa shape index (κ1) is 20.9. The van der Waals surface area contributed by atoms with Crippen molar-refractivity contribution in [1.82, 2.24) is 4.57 Å². The van der Waals surface area contributed by atoms with Gasteiger partial charge >= 0.3 is 5.97 Å². The molecule has 29 heavy (non-hydrogen) atoms. The van der Waals surface area contributed by atoms with Crippen LogP contribution in [0, 0.1) is 18.7 Å². The zero-order valence-corrected chi connectivity index (χ0v) is 17.0. The molecule has 0 bridgehead atoms. The molecule has 0 amide bonds. The second-order valence-corrected chi connectivity index (χ2v) is 7.90. The highest BCUT2D eigenvalue weighted by Gasteiger charge is 2.32. The minimum absolute atomic E-state index is 0.0258. The Hall–Kier alpha value is -2.86. The molecule has 0 unspecified atom stereocenters. The molecule has 1 aromatic heterocycles. The van der Waals surface area contributed by atoms with Gasteiger partial charge in [-0.15, -0.1) is 0 Å². The lowest BCUT2D eigenvalue weighted by atomic mass is 9.88. The molecule has 0 spiro atoms. The summed E-state index contributed by atoms with van der Waals surface area (Å²) in [6, 6.07) is 8.91. The van der Waals surface area contributed by atoms with Crippen LogP contribution in [0.4, 0.5) is 4.39 Å². The summed E-state index contributed by atoms with van der Waals surface area (Å²) in [5.41, 5.74) is 1.01. The second kappa shape index (κ2) is 7.87. The topological polar surface area (TPSA) is 79.5 Å². The smallest absolute Gasteiger partial charge is 0.311 e. The number of aromatic hydroxyl groups is 1. The lowest BCUT2D eigenvalue weighted by molar-refractivity contribution is -0.139. The largest absolute Gasteiger partial charge is 0.505 e. The fourth-order valence-electron chi connectivity index (χ4n) is 3.73. The molecule has 3 rings (SSSR count). The summed E-state index contributed by atoms with van der Waals surface area (Å²) < 4.78 is 16.2. The minimum Gasteiger partial charge on any atom is -0.505 e. The van der Waals surface area contributed by atoms with Crippen molar-refractivity contribution in [2.45, 2.75) is 33.1 Å². The average molecular weight is 418 g/mol. The van der Waals surface area contributed by atoms with Crippen LogP contribution in [0.5, 0.6) is 5.75 Å². The third-order valence-electron chi connectivity index (χ3n) is 4.96. The quantitative estimate of drug-likeness (QED) is 0.586. The van der Waals surface area contributed by atoms with E-state index in [2.05, 4.69) is 0 Å². The Morgan fingerprint density at radius 1 is 1.21 bits per heavy atom. The molecule has 7 heteroatoms. The number of carboxylic acids is 1. The number of nitrogens with zero attached hydrogens (tertiary/aromatic N) is 1. The molecule has 0 fully saturated rings. The zero-order valence-electron chi connectivity index (χ0n) is 16.2. The molecule has 0 saturated heterocycles. The van der Waals surface area contributed by atoms with Gasteiger partial charge < -0.3 is 10.2 Å². The van der Waals surface area contributed by atoms with Gasteiger partial charge in [-0.05, 0) is 55.2 Å². The van der Waals surface area contributed by atoms with Gasteiger partial charge in [-0.25, -0.2) is 4.39 Å². The fraction of sp³-hybridized carbons (Fsp3) is 0.273. The molecule has 0 saturated carbocycles. The Morgan fingerprint density at radius 3 is 2.48 bits per heavy atom. The summed E-state index contributed by atoms with van der Waals surface area (Å²) in [5, 5.41) is 20.0. The normalized spacial score (nSPS) is 12.5. The highest BCUT2D eigenvalue weighted by Crippen LogP contribution is 2.39. The fourth-order valence-corrected chi connectivity index (χ4v) is 3.92. The second-order valence-electron chi connectivity index (χ2n) is 7.46. The predicted octanol–water partition coefficient (Wildman–Crippen LogP) is 5.35. The maximum atomic E-state index is 15.0. The minimum atomic E-state index is -1.11. The van der Waals surface area contributed by atoms with Crippen LogP contribution in [-0.4, -0.2) is 26.7 Å². The van der Waals surface area contributed by atoms with E-state index in [9.17, 15) is 24.2 Å². The van der Waals surface area contributed by atoms with Gasteiger partial charge in [0.05, 0.1) is 11.4 Å². The average Bonchev–Trinajstić information content (AvgIpc) is 2.94. The number of carbonyl (C=O) groups is 2. The highest BCUT2D eigenvalue weighted by atomic mass is 35.5. The number of hydrogen-bond acceptors (Lipinski definition) is 3. The Bertz CT molecular complexity index is 1120. The first-order chi connectivity index (χ1) is 13.6. The maximum absolute atomic E-state index is 15.0. The highest BCUT2D eigenvalue weighted by molar-refractivity contribution is 6.31. The number of aliphatic carboxylic acids is 1. The van der Waals surface area contributed by atoms with Crippen molar-refractivity contribution in [3.05, 3.63) is 64.1 Å². The van der Waals surface area contributed by atoms with E-state index in [1.54, 1.807) is 25.1 Å². The Kier molecular flexibility index (Phi) is 5.66. The molecule has 2 aromatic carbocycles. The lowest BCUT2D eigenvalue weighted by Gasteiger charge is -2.16. The van der Waals surface area contributed by atoms with Crippen LogP contribution >= 0.6 is 11.6 Å². The maximum Gasteiger partial charge on any atom is 0.311 e. The van der Waals surface area contributed by atoms with Crippen LogP contribution in [0.25, 0.3) is 10.9 Å². The van der Waals surface area contributed by atoms with E-state index < -0.39 is 29.4 Å². The standard InChI is InChI=1S/C22H21ClFNO4/c1-11(2)9-15(22(28)29)18-12(3)25(16-7-8-17(26)20(24)19(16)18)21(27)13-5-4-6-14(23)10-13/h4-8,10-11,15,26H,9H2,1-3H3,(H,28,29)/t15-/m0/s1. The monoisotopic (exact) mass is 417 g/mol. The van der Waals surface area contributed by atoms with Crippen molar-refractivity contribution in [1.29, 1.82) is 0 Å². The van der Waals surface area contributed by atoms with Gasteiger partial charge in [-0.3, -0.25) is 14.2 Å². The molecule has 0 radical (unpaired) electrons. The molecular weight excluding hydrogens is 397 g/mol. The number of carbonyl (C=O) groups excluding carboxylic acids is 1. The summed E-state index contributed by atoms with van der Waals surface area (Å²) in [7, 11) is 0. The Labute approximate surface area is 172 Å². The van der Waals surface area contributed by atoms with Crippen molar-refractivity contribution in [3.8, 4) is 5.75 Å². The van der Waals surface area contributed by atoms with Crippen LogP contribution in [-0.2, 0) is 4.79 Å². The molecule has 0 aliphatic carbocycles. The van der Waals surface area contributed by atoms with Crippen LogP contribution in [0.3, 0.4) is 0 Å². The molecule has 1 heterocycles. The van der Waals surface area contributed by atoms with Crippen molar-refractivity contribution in [2.24, 2.45) is 5.92 Å². The number of carboxylic acid groups (broad SMARTS) is 1. The van der Waals surface area contributed by atoms with Crippen LogP contribution in [0.15, 0.2) is 36.4 Å². The van der Waals surface area contributed by atoms with Crippen molar-refractivity contribution in [2.75, 3.05) is 0 Å². The summed E-state index contributed by atoms with van der Waals surface area (Å²) in [5.74, 6) is -4.10. The predicted molar refractivity (Wildman–Crippen MR) is 109 cm³/mol. The van der Waals surface area contributed by atoms with Gasteiger partial charge in [0.15, 0.2) is 11.6 Å². The Morgan fingerprint density at radius 2 is 1.90 bits per heavy atom. The SMILES string of the molecule is Cc1c([C@H](CC(C)C)C(=O)O)c2c(F)c(O)ccc2n1C(=O)c1cccc(Cl)c1. The number of phenols is 1. The molecule has 0 aliphatic heterocycles. The molecular formula is C22H21ClFNO4. The summed E-state index contributed by atoms with van der Waals surface area (Å²) >= 11 is 6.00. The van der Waals surface area contributed by atoms with Gasteiger partial charge in [0.2, 0.25) is 0 Å². The van der Waals surface area contributed by atoms with Crippen molar-refractivity contribution < 1.29 is 24.2 Å². The number of hydrogen-bond donors (Lipinski definition) is 2. The van der Waals surface area contributed by atoms with Gasteiger partial charge in [0.1, 0.15) is 0 Å². The number of fused-ring (bicyclic) bond motifs is 1. The van der Waals surface area contributed by atoms with Crippen LogP contribution in [0.1, 0.15) is 47.8 Å². The van der Waals surface area contributed by atoms with Crippen molar-refractivity contribution in [3.63, 3.8) is 0 Å². The third-order valence-corrected chi connectivity index (χ3v) is 5.20. The van der Waals surface area contributed by atoms with Crippen molar-refractivity contribution >= 4 is 34.4 Å². The summed E-state index contributed by atoms with van der Waals surface area (Å²) in [6.07, 6.45) is 0.260. The number of benzene rings is 2. The van der Waals surface area contributed by atoms with E-state index in [4.69, 9.17) is 11.6 Å². The molecule has 5 nitrogen and oxygen atoms in total. The molecule has 0 aliphatic rings. The van der Waals surface area contributed by atoms with E-state index in [0.717, 1.165) is 6.07 Å². The van der Waals surface area contributed by atoms with E-state index >= 15 is 0 Å². The molecule has 1 atom stereocenters. The number of phenolic OH excluding ortho intramolecular Hbond substituents is 1. The number of rotatable bonds is 5. The summed E-state index contributed by atoms with van der Waals surface area (Å²) in [6.45, 7) is 5.33. The first-order valence-electron chi connectivity index (χ1n) is 9.18. The van der Waals surface area contributed by atoms with Crippen LogP contribution < -0.4 is 0 Å².